The molecule has 0 unspecified atom stereocenters. The van der Waals surface area contributed by atoms with Gasteiger partial charge in [0.2, 0.25) is 5.91 Å². The van der Waals surface area contributed by atoms with Crippen LogP contribution in [0.4, 0.5) is 0 Å². The summed E-state index contributed by atoms with van der Waals surface area (Å²) in [6, 6.07) is 3.84. The molecule has 0 saturated heterocycles. The number of rotatable bonds is 6. The smallest absolute Gasteiger partial charge is 0.220 e. The van der Waals surface area contributed by atoms with Crippen LogP contribution in [0.5, 0.6) is 0 Å². The molecule has 27 heavy (non-hydrogen) atoms. The average Bonchev–Trinajstić information content (AvgIpc) is 3.32. The first-order valence-electron chi connectivity index (χ1n) is 8.53. The van der Waals surface area contributed by atoms with Gasteiger partial charge in [0.25, 0.3) is 0 Å². The lowest BCUT2D eigenvalue weighted by atomic mass is 10.2. The number of aryl methyl sites for hydroxylation is 1. The van der Waals surface area contributed by atoms with Crippen molar-refractivity contribution < 1.29 is 4.79 Å². The molecule has 8 nitrogen and oxygen atoms in total. The minimum atomic E-state index is -0.000363. The summed E-state index contributed by atoms with van der Waals surface area (Å²) in [6.07, 6.45) is 4.44. The minimum Gasteiger partial charge on any atom is -0.350 e. The van der Waals surface area contributed by atoms with Crippen LogP contribution in [0.1, 0.15) is 23.5 Å². The summed E-state index contributed by atoms with van der Waals surface area (Å²) < 4.78 is 2.02. The number of carbonyl (C=O) groups is 1. The van der Waals surface area contributed by atoms with Crippen molar-refractivity contribution in [2.75, 3.05) is 6.54 Å². The molecule has 0 spiro atoms. The monoisotopic (exact) mass is 405 g/mol. The molecule has 3 aromatic heterocycles. The van der Waals surface area contributed by atoms with Crippen LogP contribution in [-0.2, 0) is 30.8 Å². The van der Waals surface area contributed by atoms with Crippen LogP contribution in [0.3, 0.4) is 0 Å². The number of nitrogens with zero attached hydrogens (tertiary/aromatic N) is 5. The van der Waals surface area contributed by atoms with E-state index in [-0.39, 0.29) is 18.3 Å². The molecule has 0 fully saturated rings. The summed E-state index contributed by atoms with van der Waals surface area (Å²) in [5, 5.41) is 13.5. The van der Waals surface area contributed by atoms with E-state index in [1.165, 1.54) is 17.0 Å². The number of halogens is 1. The summed E-state index contributed by atoms with van der Waals surface area (Å²) in [6.45, 7) is 3.08. The van der Waals surface area contributed by atoms with Gasteiger partial charge in [0.1, 0.15) is 0 Å². The topological polar surface area (TPSA) is 97.6 Å². The standard InChI is InChI=1S/C17H19N7OS.ClH/c25-15(3-2-12-8-14-10-18-6-7-24(14)23-12)21-9-13-11-26-17(22-13)16-19-4-1-5-20-16;/h1,4-5,8,11,18H,2-3,6-7,9-10H2,(H,21,25);1H. The van der Waals surface area contributed by atoms with E-state index in [2.05, 4.69) is 36.8 Å². The highest BCUT2D eigenvalue weighted by Crippen LogP contribution is 2.19. The fourth-order valence-corrected chi connectivity index (χ4v) is 3.56. The van der Waals surface area contributed by atoms with Gasteiger partial charge in [0.15, 0.2) is 10.8 Å². The third-order valence-electron chi connectivity index (χ3n) is 4.10. The van der Waals surface area contributed by atoms with Gasteiger partial charge >= 0.3 is 0 Å². The van der Waals surface area contributed by atoms with Crippen molar-refractivity contribution in [2.45, 2.75) is 32.5 Å². The molecule has 1 aliphatic rings. The zero-order chi connectivity index (χ0) is 17.8. The zero-order valence-electron chi connectivity index (χ0n) is 14.6. The number of aromatic nitrogens is 5. The maximum Gasteiger partial charge on any atom is 0.220 e. The number of hydrogen-bond acceptors (Lipinski definition) is 7. The first-order valence-corrected chi connectivity index (χ1v) is 9.41. The van der Waals surface area contributed by atoms with Gasteiger partial charge in [-0.05, 0) is 12.1 Å². The Morgan fingerprint density at radius 3 is 2.96 bits per heavy atom. The fraction of sp³-hybridized carbons (Fsp3) is 0.353. The third-order valence-corrected chi connectivity index (χ3v) is 4.99. The van der Waals surface area contributed by atoms with Gasteiger partial charge in [0.05, 0.1) is 30.2 Å². The molecule has 1 amide bonds. The van der Waals surface area contributed by atoms with Crippen molar-refractivity contribution in [1.29, 1.82) is 0 Å². The Morgan fingerprint density at radius 1 is 1.30 bits per heavy atom. The Morgan fingerprint density at radius 2 is 2.15 bits per heavy atom. The predicted molar refractivity (Wildman–Crippen MR) is 104 cm³/mol. The van der Waals surface area contributed by atoms with E-state index in [0.29, 0.717) is 25.2 Å². The van der Waals surface area contributed by atoms with E-state index < -0.39 is 0 Å². The molecule has 4 heterocycles. The van der Waals surface area contributed by atoms with E-state index in [4.69, 9.17) is 0 Å². The van der Waals surface area contributed by atoms with Gasteiger partial charge in [-0.2, -0.15) is 5.10 Å². The molecule has 0 radical (unpaired) electrons. The van der Waals surface area contributed by atoms with Crippen molar-refractivity contribution >= 4 is 29.7 Å². The second-order valence-corrected chi connectivity index (χ2v) is 6.88. The second-order valence-electron chi connectivity index (χ2n) is 6.02. The molecule has 3 aromatic rings. The fourth-order valence-electron chi connectivity index (χ4n) is 2.79. The van der Waals surface area contributed by atoms with E-state index in [1.807, 2.05) is 10.1 Å². The Kier molecular flexibility index (Phi) is 6.49. The van der Waals surface area contributed by atoms with Gasteiger partial charge in [-0.15, -0.1) is 23.7 Å². The molecule has 2 N–H and O–H groups in total. The van der Waals surface area contributed by atoms with Crippen molar-refractivity contribution in [3.05, 3.63) is 47.0 Å². The first-order chi connectivity index (χ1) is 12.8. The highest BCUT2D eigenvalue weighted by molar-refractivity contribution is 7.13. The highest BCUT2D eigenvalue weighted by atomic mass is 35.5. The van der Waals surface area contributed by atoms with Gasteiger partial charge in [-0.3, -0.25) is 9.48 Å². The van der Waals surface area contributed by atoms with Crippen LogP contribution >= 0.6 is 23.7 Å². The second kappa shape index (κ2) is 9.03. The van der Waals surface area contributed by atoms with Crippen molar-refractivity contribution in [1.82, 2.24) is 35.4 Å². The number of amides is 1. The molecule has 0 bridgehead atoms. The molecule has 0 saturated carbocycles. The zero-order valence-corrected chi connectivity index (χ0v) is 16.2. The van der Waals surface area contributed by atoms with Crippen LogP contribution in [0, 0.1) is 0 Å². The number of nitrogens with one attached hydrogen (secondary N) is 2. The quantitative estimate of drug-likeness (QED) is 0.646. The van der Waals surface area contributed by atoms with Crippen LogP contribution in [-0.4, -0.2) is 37.2 Å². The molecule has 4 rings (SSSR count). The van der Waals surface area contributed by atoms with Crippen LogP contribution in [0.15, 0.2) is 29.9 Å². The van der Waals surface area contributed by atoms with Gasteiger partial charge in [-0.25, -0.2) is 15.0 Å². The minimum absolute atomic E-state index is 0. The summed E-state index contributed by atoms with van der Waals surface area (Å²) in [5.41, 5.74) is 2.97. The van der Waals surface area contributed by atoms with Gasteiger partial charge < -0.3 is 10.6 Å². The molecular formula is C17H20ClN7OS. The number of fused-ring (bicyclic) bond motifs is 1. The third kappa shape index (κ3) is 4.88. The molecule has 10 heteroatoms. The summed E-state index contributed by atoms with van der Waals surface area (Å²) in [7, 11) is 0. The largest absolute Gasteiger partial charge is 0.350 e. The van der Waals surface area contributed by atoms with Crippen LogP contribution < -0.4 is 10.6 Å². The molecule has 142 valence electrons. The molecular weight excluding hydrogens is 386 g/mol. The Balaban J connectivity index is 0.00000210. The van der Waals surface area contributed by atoms with Crippen molar-refractivity contribution in [3.63, 3.8) is 0 Å². The molecule has 0 aromatic carbocycles. The Hall–Kier alpha value is -2.36. The normalized spacial score (nSPS) is 12.9. The maximum atomic E-state index is 12.1. The lowest BCUT2D eigenvalue weighted by Crippen LogP contribution is -2.28. The lowest BCUT2D eigenvalue weighted by molar-refractivity contribution is -0.121. The van der Waals surface area contributed by atoms with E-state index in [0.717, 1.165) is 36.0 Å². The maximum absolute atomic E-state index is 12.1. The van der Waals surface area contributed by atoms with Gasteiger partial charge in [-0.1, -0.05) is 0 Å². The highest BCUT2D eigenvalue weighted by Gasteiger charge is 2.13. The molecule has 1 aliphatic heterocycles. The van der Waals surface area contributed by atoms with Crippen molar-refractivity contribution in [3.8, 4) is 10.8 Å². The average molecular weight is 406 g/mol. The lowest BCUT2D eigenvalue weighted by Gasteiger charge is -2.13. The Bertz CT molecular complexity index is 872. The SMILES string of the molecule is Cl.O=C(CCc1cc2n(n1)CCNC2)NCc1csc(-c2ncccn2)n1. The van der Waals surface area contributed by atoms with Gasteiger partial charge in [0, 0.05) is 43.7 Å². The van der Waals surface area contributed by atoms with E-state index in [9.17, 15) is 4.79 Å². The molecule has 0 aliphatic carbocycles. The number of hydrogen-bond donors (Lipinski definition) is 2. The van der Waals surface area contributed by atoms with Crippen LogP contribution in [0.25, 0.3) is 10.8 Å². The molecule has 0 atom stereocenters. The Labute approximate surface area is 166 Å². The van der Waals surface area contributed by atoms with Crippen molar-refractivity contribution in [2.24, 2.45) is 0 Å². The van der Waals surface area contributed by atoms with E-state index in [1.54, 1.807) is 18.5 Å². The van der Waals surface area contributed by atoms with E-state index >= 15 is 0 Å². The summed E-state index contributed by atoms with van der Waals surface area (Å²) >= 11 is 1.47. The first kappa shape index (κ1) is 19.4. The predicted octanol–water partition coefficient (Wildman–Crippen LogP) is 1.57. The summed E-state index contributed by atoms with van der Waals surface area (Å²) in [5.74, 6) is 0.605. The number of carbonyl (C=O) groups excluding carboxylic acids is 1. The summed E-state index contributed by atoms with van der Waals surface area (Å²) in [4.78, 5) is 24.9. The number of thiazole rings is 1. The van der Waals surface area contributed by atoms with Crippen LogP contribution in [0.2, 0.25) is 0 Å².